The molecule has 0 spiro atoms. The van der Waals surface area contributed by atoms with Crippen molar-refractivity contribution in [1.29, 1.82) is 0 Å². The van der Waals surface area contributed by atoms with Gasteiger partial charge in [-0.3, -0.25) is 9.59 Å². The molecule has 2 saturated heterocycles. The summed E-state index contributed by atoms with van der Waals surface area (Å²) >= 11 is 0. The molecule has 2 heterocycles. The number of benzene rings is 1. The van der Waals surface area contributed by atoms with Gasteiger partial charge in [0.15, 0.2) is 6.29 Å². The first-order valence-electron chi connectivity index (χ1n) is 19.4. The van der Waals surface area contributed by atoms with Crippen LogP contribution < -0.4 is 0 Å². The zero-order valence-electron chi connectivity index (χ0n) is 32.9. The van der Waals surface area contributed by atoms with Gasteiger partial charge >= 0.3 is 11.9 Å². The summed E-state index contributed by atoms with van der Waals surface area (Å²) in [6, 6.07) is 9.61. The zero-order chi connectivity index (χ0) is 39.1. The quantitative estimate of drug-likeness (QED) is 0.153. The van der Waals surface area contributed by atoms with Crippen molar-refractivity contribution >= 4 is 18.2 Å². The van der Waals surface area contributed by atoms with Crippen LogP contribution in [0.4, 0.5) is 0 Å². The Hall–Kier alpha value is -2.49. The minimum Gasteiger partial charge on any atom is -0.463 e. The molecule has 0 saturated carbocycles. The maximum Gasteiger partial charge on any atom is 0.309 e. The van der Waals surface area contributed by atoms with Crippen molar-refractivity contribution in [3.63, 3.8) is 0 Å². The normalized spacial score (nSPS) is 34.4. The summed E-state index contributed by atoms with van der Waals surface area (Å²) in [5, 5.41) is 34.0. The molecule has 0 bridgehead atoms. The second-order valence-corrected chi connectivity index (χ2v) is 15.2. The standard InChI is InChI=1S/C40H66N2O11/c1-8-33(45)52-32-24-34(46)50-27(3)15-14-21-42(20-13-12-18-29-16-10-9-11-17-29)25-31(44)26(2)23-30(19-22-43)38(39(32)49-7)53-40-37(48)35(41(5)6)36(47)28(4)51-40/h9-11,16-17,22,26-28,30-32,35-40,44,47-48H,8,12-15,18-21,23-25H2,1-7H3/t26-,27-,28?,30+,31+,32-,35?,36-,37?,38+,39+,40+/m1/s1. The first-order valence-corrected chi connectivity index (χ1v) is 19.4. The van der Waals surface area contributed by atoms with Gasteiger partial charge in [0.2, 0.25) is 0 Å². The van der Waals surface area contributed by atoms with Crippen molar-refractivity contribution < 1.29 is 53.4 Å². The molecule has 3 unspecified atom stereocenters. The number of likely N-dealkylation sites (N-methyl/N-ethyl adjacent to an activating group) is 1. The maximum absolute atomic E-state index is 13.4. The molecule has 0 amide bonds. The lowest BCUT2D eigenvalue weighted by Gasteiger charge is -2.47. The van der Waals surface area contributed by atoms with Crippen LogP contribution in [0.3, 0.4) is 0 Å². The highest BCUT2D eigenvalue weighted by molar-refractivity contribution is 5.72. The van der Waals surface area contributed by atoms with Crippen LogP contribution in [-0.4, -0.2) is 145 Å². The number of cyclic esters (lactones) is 1. The van der Waals surface area contributed by atoms with Crippen molar-refractivity contribution in [1.82, 2.24) is 9.80 Å². The van der Waals surface area contributed by atoms with E-state index in [4.69, 9.17) is 23.7 Å². The number of esters is 2. The minimum atomic E-state index is -1.31. The highest BCUT2D eigenvalue weighted by Crippen LogP contribution is 2.34. The number of β-amino-alcohol motifs (C(OH)–C–C–N with tert-alkyl or cyclic N) is 1. The van der Waals surface area contributed by atoms with E-state index in [-0.39, 0.29) is 25.2 Å². The molecule has 0 radical (unpaired) electrons. The molecule has 3 N–H and O–H groups in total. The predicted molar refractivity (Wildman–Crippen MR) is 199 cm³/mol. The first kappa shape index (κ1) is 44.9. The predicted octanol–water partition coefficient (Wildman–Crippen LogP) is 3.14. The molecule has 12 atom stereocenters. The highest BCUT2D eigenvalue weighted by Gasteiger charge is 2.48. The Kier molecular flexibility index (Phi) is 19.3. The summed E-state index contributed by atoms with van der Waals surface area (Å²) in [5.41, 5.74) is 1.29. The van der Waals surface area contributed by atoms with Crippen LogP contribution in [0, 0.1) is 11.8 Å². The monoisotopic (exact) mass is 750 g/mol. The molecule has 3 rings (SSSR count). The van der Waals surface area contributed by atoms with Crippen LogP contribution >= 0.6 is 0 Å². The van der Waals surface area contributed by atoms with Crippen LogP contribution in [-0.2, 0) is 44.5 Å². The van der Waals surface area contributed by atoms with Crippen LogP contribution in [0.25, 0.3) is 0 Å². The topological polar surface area (TPSA) is 165 Å². The Balaban J connectivity index is 1.96. The van der Waals surface area contributed by atoms with E-state index in [1.807, 2.05) is 32.0 Å². The molecule has 0 aromatic heterocycles. The molecule has 1 aromatic rings. The third kappa shape index (κ3) is 13.9. The number of aliphatic hydroxyl groups excluding tert-OH is 3. The molecule has 53 heavy (non-hydrogen) atoms. The largest absolute Gasteiger partial charge is 0.463 e. The van der Waals surface area contributed by atoms with Crippen LogP contribution in [0.1, 0.15) is 84.6 Å². The summed E-state index contributed by atoms with van der Waals surface area (Å²) in [5.74, 6) is -2.07. The van der Waals surface area contributed by atoms with Crippen LogP contribution in [0.2, 0.25) is 0 Å². The number of aliphatic hydroxyl groups is 3. The smallest absolute Gasteiger partial charge is 0.309 e. The van der Waals surface area contributed by atoms with E-state index in [2.05, 4.69) is 17.0 Å². The Labute approximate surface area is 316 Å². The molecular weight excluding hydrogens is 684 g/mol. The molecule has 2 aliphatic heterocycles. The number of hydrogen-bond acceptors (Lipinski definition) is 13. The van der Waals surface area contributed by atoms with E-state index in [9.17, 15) is 29.7 Å². The molecule has 13 nitrogen and oxygen atoms in total. The molecular formula is C40H66N2O11. The maximum atomic E-state index is 13.4. The Morgan fingerprint density at radius 2 is 1.77 bits per heavy atom. The molecule has 0 aliphatic carbocycles. The van der Waals surface area contributed by atoms with Gasteiger partial charge in [-0.2, -0.15) is 0 Å². The Morgan fingerprint density at radius 1 is 1.06 bits per heavy atom. The lowest BCUT2D eigenvalue weighted by atomic mass is 9.82. The summed E-state index contributed by atoms with van der Waals surface area (Å²) in [4.78, 5) is 42.4. The molecule has 2 aliphatic rings. The Morgan fingerprint density at radius 3 is 2.42 bits per heavy atom. The SMILES string of the molecule is CCC(=O)O[C@@H]1CC(=O)O[C@H](C)CCCN(CCCCc2ccccc2)C[C@H](O)[C@H](C)C[C@H](CC=O)[C@H](O[C@@H]2OC(C)[C@@H](O)C(N(C)C)C2O)[C@H]1OC. The van der Waals surface area contributed by atoms with Gasteiger partial charge in [0.1, 0.15) is 24.6 Å². The lowest BCUT2D eigenvalue weighted by molar-refractivity contribution is -0.310. The Bertz CT molecular complexity index is 1220. The van der Waals surface area contributed by atoms with Crippen molar-refractivity contribution in [2.24, 2.45) is 11.8 Å². The fourth-order valence-electron chi connectivity index (χ4n) is 7.59. The van der Waals surface area contributed by atoms with Crippen LogP contribution in [0.5, 0.6) is 0 Å². The fraction of sp³-hybridized carbons (Fsp3) is 0.775. The number of carbonyl (C=O) groups is 3. The lowest BCUT2D eigenvalue weighted by Crippen LogP contribution is -2.63. The van der Waals surface area contributed by atoms with Gasteiger partial charge in [-0.15, -0.1) is 0 Å². The number of hydrogen-bond donors (Lipinski definition) is 3. The zero-order valence-corrected chi connectivity index (χ0v) is 32.9. The first-order chi connectivity index (χ1) is 25.3. The van der Waals surface area contributed by atoms with Crippen molar-refractivity contribution in [2.75, 3.05) is 40.8 Å². The van der Waals surface area contributed by atoms with E-state index in [0.717, 1.165) is 38.5 Å². The van der Waals surface area contributed by atoms with Gasteiger partial charge in [0.05, 0.1) is 43.0 Å². The van der Waals surface area contributed by atoms with Crippen molar-refractivity contribution in [2.45, 2.75) is 147 Å². The minimum absolute atomic E-state index is 0.0151. The van der Waals surface area contributed by atoms with Crippen molar-refractivity contribution in [3.8, 4) is 0 Å². The number of methoxy groups -OCH3 is 1. The van der Waals surface area contributed by atoms with E-state index in [1.54, 1.807) is 32.8 Å². The van der Waals surface area contributed by atoms with E-state index >= 15 is 0 Å². The third-order valence-electron chi connectivity index (χ3n) is 10.7. The second-order valence-electron chi connectivity index (χ2n) is 15.2. The highest BCUT2D eigenvalue weighted by atomic mass is 16.7. The summed E-state index contributed by atoms with van der Waals surface area (Å²) in [6.07, 6.45) is -3.81. The number of carbonyl (C=O) groups excluding carboxylic acids is 3. The van der Waals surface area contributed by atoms with Gasteiger partial charge in [0, 0.05) is 26.5 Å². The van der Waals surface area contributed by atoms with Gasteiger partial charge in [-0.25, -0.2) is 0 Å². The third-order valence-corrected chi connectivity index (χ3v) is 10.7. The number of ether oxygens (including phenoxy) is 5. The summed E-state index contributed by atoms with van der Waals surface area (Å²) in [7, 11) is 4.86. The average Bonchev–Trinajstić information content (AvgIpc) is 3.11. The van der Waals surface area contributed by atoms with E-state index < -0.39 is 79.0 Å². The van der Waals surface area contributed by atoms with Gasteiger partial charge in [-0.1, -0.05) is 44.2 Å². The fourth-order valence-corrected chi connectivity index (χ4v) is 7.59. The average molecular weight is 751 g/mol. The van der Waals surface area contributed by atoms with Crippen molar-refractivity contribution in [3.05, 3.63) is 35.9 Å². The van der Waals surface area contributed by atoms with Gasteiger partial charge in [0.25, 0.3) is 0 Å². The molecule has 13 heteroatoms. The number of unbranched alkanes of at least 4 members (excludes halogenated alkanes) is 1. The van der Waals surface area contributed by atoms with E-state index in [0.29, 0.717) is 25.9 Å². The molecule has 302 valence electrons. The van der Waals surface area contributed by atoms with Gasteiger partial charge in [-0.05, 0) is 97.0 Å². The number of nitrogens with zero attached hydrogens (tertiary/aromatic N) is 2. The molecule has 1 aromatic carbocycles. The summed E-state index contributed by atoms with van der Waals surface area (Å²) in [6.45, 7) is 8.98. The number of rotatable bonds is 13. The summed E-state index contributed by atoms with van der Waals surface area (Å²) < 4.78 is 30.2. The van der Waals surface area contributed by atoms with Crippen LogP contribution in [0.15, 0.2) is 30.3 Å². The number of aryl methyl sites for hydroxylation is 1. The second kappa shape index (κ2) is 22.8. The number of aldehydes is 1. The molecule has 2 fully saturated rings. The van der Waals surface area contributed by atoms with Gasteiger partial charge < -0.3 is 53.6 Å². The van der Waals surface area contributed by atoms with E-state index in [1.165, 1.54) is 12.7 Å².